The third-order valence-corrected chi connectivity index (χ3v) is 2.35. The van der Waals surface area contributed by atoms with E-state index >= 15 is 0 Å². The molecule has 1 saturated heterocycles. The van der Waals surface area contributed by atoms with Gasteiger partial charge >= 0.3 is 0 Å². The molecule has 1 aliphatic heterocycles. The maximum absolute atomic E-state index is 5.76. The Bertz CT molecular complexity index is 180. The summed E-state index contributed by atoms with van der Waals surface area (Å²) in [5.41, 5.74) is 0. The summed E-state index contributed by atoms with van der Waals surface area (Å²) in [7, 11) is 8.37. The highest BCUT2D eigenvalue weighted by Gasteiger charge is 2.33. The number of hydrogen-bond acceptors (Lipinski definition) is 2. The fraction of sp³-hybridized carbons (Fsp3) is 0.750. The first kappa shape index (κ1) is 10.1. The van der Waals surface area contributed by atoms with Crippen LogP contribution in [0.15, 0.2) is 0 Å². The lowest BCUT2D eigenvalue weighted by Gasteiger charge is -2.19. The molecule has 0 amide bonds. The summed E-state index contributed by atoms with van der Waals surface area (Å²) in [6.45, 7) is 0.872. The van der Waals surface area contributed by atoms with E-state index in [2.05, 4.69) is 15.2 Å². The van der Waals surface area contributed by atoms with Gasteiger partial charge in [0.05, 0.1) is 20.1 Å². The SMILES string of the molecule is [B]C1COC(CP)C1OCC#C. The molecule has 2 nitrogen and oxygen atoms in total. The van der Waals surface area contributed by atoms with Gasteiger partial charge in [0.2, 0.25) is 0 Å². The highest BCUT2D eigenvalue weighted by Crippen LogP contribution is 2.26. The van der Waals surface area contributed by atoms with E-state index in [-0.39, 0.29) is 18.0 Å². The average molecular weight is 182 g/mol. The standard InChI is InChI=1S/C8H12BO2P/c1-2-3-10-8-6(9)4-11-7(8)5-12/h1,6-8H,3-5,12H2. The predicted octanol–water partition coefficient (Wildman–Crippen LogP) is 0.236. The minimum atomic E-state index is -0.0430. The van der Waals surface area contributed by atoms with Crippen LogP contribution in [0.3, 0.4) is 0 Å². The van der Waals surface area contributed by atoms with Gasteiger partial charge in [0.25, 0.3) is 0 Å². The number of rotatable bonds is 3. The number of hydrogen-bond donors (Lipinski definition) is 0. The first-order valence-electron chi connectivity index (χ1n) is 3.92. The first-order chi connectivity index (χ1) is 5.79. The summed E-state index contributed by atoms with van der Waals surface area (Å²) in [6.07, 6.45) is 5.95. The molecule has 64 valence electrons. The van der Waals surface area contributed by atoms with Crippen molar-refractivity contribution in [2.45, 2.75) is 18.0 Å². The van der Waals surface area contributed by atoms with Gasteiger partial charge in [-0.05, 0) is 12.0 Å². The molecule has 1 heterocycles. The van der Waals surface area contributed by atoms with E-state index in [1.165, 1.54) is 0 Å². The van der Waals surface area contributed by atoms with Crippen molar-refractivity contribution in [2.75, 3.05) is 19.4 Å². The van der Waals surface area contributed by atoms with Gasteiger partial charge in [-0.2, -0.15) is 0 Å². The molecule has 0 saturated carbocycles. The minimum Gasteiger partial charge on any atom is -0.376 e. The lowest BCUT2D eigenvalue weighted by molar-refractivity contribution is 0.0164. The fourth-order valence-corrected chi connectivity index (χ4v) is 1.68. The van der Waals surface area contributed by atoms with Crippen LogP contribution in [0.4, 0.5) is 0 Å². The van der Waals surface area contributed by atoms with Gasteiger partial charge in [0, 0.05) is 6.61 Å². The molecule has 0 aromatic rings. The Morgan fingerprint density at radius 1 is 1.75 bits per heavy atom. The topological polar surface area (TPSA) is 18.5 Å². The highest BCUT2D eigenvalue weighted by atomic mass is 31.0. The average Bonchev–Trinajstić information content (AvgIpc) is 2.43. The molecule has 4 atom stereocenters. The van der Waals surface area contributed by atoms with Gasteiger partial charge in [0.15, 0.2) is 0 Å². The maximum Gasteiger partial charge on any atom is 0.107 e. The van der Waals surface area contributed by atoms with Crippen LogP contribution in [-0.2, 0) is 9.47 Å². The van der Waals surface area contributed by atoms with Crippen LogP contribution in [0.2, 0.25) is 5.82 Å². The van der Waals surface area contributed by atoms with Gasteiger partial charge in [-0.25, -0.2) is 0 Å². The lowest BCUT2D eigenvalue weighted by Crippen LogP contribution is -2.28. The molecule has 0 N–H and O–H groups in total. The smallest absolute Gasteiger partial charge is 0.107 e. The minimum absolute atomic E-state index is 0.0381. The highest BCUT2D eigenvalue weighted by molar-refractivity contribution is 7.16. The van der Waals surface area contributed by atoms with Crippen LogP contribution in [0.5, 0.6) is 0 Å². The Morgan fingerprint density at radius 2 is 2.50 bits per heavy atom. The molecule has 0 aromatic carbocycles. The van der Waals surface area contributed by atoms with Crippen molar-refractivity contribution in [3.63, 3.8) is 0 Å². The molecule has 1 fully saturated rings. The van der Waals surface area contributed by atoms with E-state index < -0.39 is 0 Å². The van der Waals surface area contributed by atoms with Gasteiger partial charge in [-0.1, -0.05) is 5.92 Å². The molecular weight excluding hydrogens is 170 g/mol. The Balaban J connectivity index is 2.41. The molecule has 12 heavy (non-hydrogen) atoms. The summed E-state index contributed by atoms with van der Waals surface area (Å²) < 4.78 is 10.8. The summed E-state index contributed by atoms with van der Waals surface area (Å²) in [5.74, 6) is 2.38. The van der Waals surface area contributed by atoms with E-state index in [0.717, 1.165) is 6.16 Å². The van der Waals surface area contributed by atoms with Crippen molar-refractivity contribution in [3.8, 4) is 12.3 Å². The Hall–Kier alpha value is -0.0251. The van der Waals surface area contributed by atoms with E-state index in [1.807, 2.05) is 0 Å². The normalized spacial score (nSPS) is 34.8. The van der Waals surface area contributed by atoms with Crippen LogP contribution in [0, 0.1) is 12.3 Å². The second-order valence-electron chi connectivity index (χ2n) is 2.75. The molecule has 0 aromatic heterocycles. The van der Waals surface area contributed by atoms with Gasteiger partial charge < -0.3 is 9.47 Å². The Kier molecular flexibility index (Phi) is 4.08. The summed E-state index contributed by atoms with van der Waals surface area (Å²) in [5, 5.41) is 0. The van der Waals surface area contributed by atoms with Crippen molar-refractivity contribution >= 4 is 17.1 Å². The van der Waals surface area contributed by atoms with Crippen molar-refractivity contribution in [1.82, 2.24) is 0 Å². The molecule has 1 aliphatic rings. The second kappa shape index (κ2) is 4.87. The second-order valence-corrected chi connectivity index (χ2v) is 3.22. The van der Waals surface area contributed by atoms with Crippen LogP contribution in [0.1, 0.15) is 0 Å². The third-order valence-electron chi connectivity index (χ3n) is 1.88. The van der Waals surface area contributed by atoms with Gasteiger partial charge in [-0.3, -0.25) is 0 Å². The zero-order chi connectivity index (χ0) is 8.97. The third kappa shape index (κ3) is 2.23. The van der Waals surface area contributed by atoms with E-state index in [4.69, 9.17) is 23.7 Å². The first-order valence-corrected chi connectivity index (χ1v) is 4.73. The molecule has 1 rings (SSSR count). The molecule has 2 radical (unpaired) electrons. The molecule has 0 spiro atoms. The van der Waals surface area contributed by atoms with Gasteiger partial charge in [0.1, 0.15) is 6.61 Å². The van der Waals surface area contributed by atoms with Crippen molar-refractivity contribution in [3.05, 3.63) is 0 Å². The summed E-state index contributed by atoms with van der Waals surface area (Å²) in [4.78, 5) is 0. The largest absolute Gasteiger partial charge is 0.376 e. The molecular formula is C8H12BO2P. The number of terminal acetylenes is 1. The molecule has 4 heteroatoms. The van der Waals surface area contributed by atoms with Crippen molar-refractivity contribution in [1.29, 1.82) is 0 Å². The fourth-order valence-electron chi connectivity index (χ4n) is 1.28. The number of ether oxygens (including phenoxy) is 2. The Morgan fingerprint density at radius 3 is 3.08 bits per heavy atom. The van der Waals surface area contributed by atoms with Crippen LogP contribution < -0.4 is 0 Å². The van der Waals surface area contributed by atoms with E-state index in [9.17, 15) is 0 Å². The van der Waals surface area contributed by atoms with Crippen LogP contribution >= 0.6 is 9.24 Å². The lowest BCUT2D eigenvalue weighted by atomic mass is 9.83. The summed E-state index contributed by atoms with van der Waals surface area (Å²) in [6, 6.07) is 0. The van der Waals surface area contributed by atoms with Crippen LogP contribution in [0.25, 0.3) is 0 Å². The zero-order valence-corrected chi connectivity index (χ0v) is 8.06. The van der Waals surface area contributed by atoms with Crippen LogP contribution in [-0.4, -0.2) is 39.4 Å². The molecule has 0 aliphatic carbocycles. The monoisotopic (exact) mass is 182 g/mol. The van der Waals surface area contributed by atoms with E-state index in [1.54, 1.807) is 0 Å². The quantitative estimate of drug-likeness (QED) is 0.353. The van der Waals surface area contributed by atoms with Crippen molar-refractivity contribution in [2.24, 2.45) is 0 Å². The zero-order valence-electron chi connectivity index (χ0n) is 6.90. The predicted molar refractivity (Wildman–Crippen MR) is 52.4 cm³/mol. The maximum atomic E-state index is 5.76. The molecule has 4 unspecified atom stereocenters. The van der Waals surface area contributed by atoms with E-state index in [0.29, 0.717) is 13.2 Å². The molecule has 0 bridgehead atoms. The van der Waals surface area contributed by atoms with Gasteiger partial charge in [-0.15, -0.1) is 15.7 Å². The van der Waals surface area contributed by atoms with Crippen molar-refractivity contribution < 1.29 is 9.47 Å². The Labute approximate surface area is 77.0 Å². The summed E-state index contributed by atoms with van der Waals surface area (Å²) >= 11 is 0.